The fraction of sp³-hybridized carbons (Fsp3) is 0.333. The summed E-state index contributed by atoms with van der Waals surface area (Å²) in [6.45, 7) is 0.734. The third-order valence-corrected chi connectivity index (χ3v) is 4.29. The van der Waals surface area contributed by atoms with E-state index in [1.54, 1.807) is 5.48 Å². The van der Waals surface area contributed by atoms with E-state index in [0.717, 1.165) is 18.4 Å². The van der Waals surface area contributed by atoms with Gasteiger partial charge in [0.25, 0.3) is 5.91 Å². The quantitative estimate of drug-likeness (QED) is 0.276. The first-order valence-corrected chi connectivity index (χ1v) is 9.21. The fourth-order valence-corrected chi connectivity index (χ4v) is 2.76. The summed E-state index contributed by atoms with van der Waals surface area (Å²) in [5, 5.41) is 14.7. The zero-order valence-electron chi connectivity index (χ0n) is 15.4. The van der Waals surface area contributed by atoms with Gasteiger partial charge in [-0.2, -0.15) is 0 Å². The summed E-state index contributed by atoms with van der Waals surface area (Å²) in [5.41, 5.74) is 3.98. The smallest absolute Gasteiger partial charge is 0.262 e. The van der Waals surface area contributed by atoms with E-state index in [1.165, 1.54) is 5.56 Å². The van der Waals surface area contributed by atoms with Crippen molar-refractivity contribution in [3.05, 3.63) is 71.8 Å². The van der Waals surface area contributed by atoms with E-state index in [-0.39, 0.29) is 12.5 Å². The highest BCUT2D eigenvalue weighted by atomic mass is 16.5. The van der Waals surface area contributed by atoms with Crippen molar-refractivity contribution < 1.29 is 14.8 Å². The van der Waals surface area contributed by atoms with Crippen LogP contribution in [0, 0.1) is 0 Å². The first-order chi connectivity index (χ1) is 13.2. The number of hydrogen-bond acceptors (Lipinski definition) is 4. The van der Waals surface area contributed by atoms with Crippen LogP contribution in [0.4, 0.5) is 0 Å². The Balaban J connectivity index is 1.69. The van der Waals surface area contributed by atoms with E-state index in [0.29, 0.717) is 19.4 Å². The molecule has 0 aromatic heterocycles. The number of carbonyl (C=O) groups excluding carboxylic acids is 2. The fourth-order valence-electron chi connectivity index (χ4n) is 2.76. The van der Waals surface area contributed by atoms with E-state index in [4.69, 9.17) is 5.21 Å². The lowest BCUT2D eigenvalue weighted by atomic mass is 10.1. The standard InChI is InChI=1S/C21H27N3O3/c25-20(14-13-18-10-5-2-6-11-18)23-16-19(21(26)24-27)22-15-7-12-17-8-3-1-4-9-17/h1-6,8-11,19,22,27H,7,12-16H2,(H,23,25)(H,24,26)/t19-/m0/s1. The Labute approximate surface area is 159 Å². The minimum absolute atomic E-state index is 0.124. The molecule has 0 spiro atoms. The van der Waals surface area contributed by atoms with Crippen molar-refractivity contribution in [3.63, 3.8) is 0 Å². The lowest BCUT2D eigenvalue weighted by Gasteiger charge is -2.17. The lowest BCUT2D eigenvalue weighted by molar-refractivity contribution is -0.131. The molecule has 144 valence electrons. The van der Waals surface area contributed by atoms with Crippen LogP contribution in [0.3, 0.4) is 0 Å². The minimum Gasteiger partial charge on any atom is -0.354 e. The van der Waals surface area contributed by atoms with Gasteiger partial charge < -0.3 is 10.6 Å². The molecule has 0 saturated heterocycles. The largest absolute Gasteiger partial charge is 0.354 e. The van der Waals surface area contributed by atoms with Crippen molar-refractivity contribution in [2.24, 2.45) is 0 Å². The summed E-state index contributed by atoms with van der Waals surface area (Å²) in [6.07, 6.45) is 2.74. The normalized spacial score (nSPS) is 11.6. The summed E-state index contributed by atoms with van der Waals surface area (Å²) < 4.78 is 0. The Bertz CT molecular complexity index is 692. The zero-order chi connectivity index (χ0) is 19.3. The van der Waals surface area contributed by atoms with Crippen LogP contribution in [0.15, 0.2) is 60.7 Å². The molecule has 4 N–H and O–H groups in total. The molecule has 0 saturated carbocycles. The maximum absolute atomic E-state index is 12.0. The highest BCUT2D eigenvalue weighted by Gasteiger charge is 2.18. The third kappa shape index (κ3) is 8.02. The molecule has 0 aliphatic carbocycles. The predicted octanol–water partition coefficient (Wildman–Crippen LogP) is 1.83. The number of amides is 2. The monoisotopic (exact) mass is 369 g/mol. The van der Waals surface area contributed by atoms with Gasteiger partial charge in [0.1, 0.15) is 6.04 Å². The molecular formula is C21H27N3O3. The number of nitrogens with one attached hydrogen (secondary N) is 3. The van der Waals surface area contributed by atoms with Gasteiger partial charge in [0.15, 0.2) is 0 Å². The number of rotatable bonds is 11. The van der Waals surface area contributed by atoms with Crippen LogP contribution in [-0.2, 0) is 22.4 Å². The summed E-state index contributed by atoms with van der Waals surface area (Å²) in [4.78, 5) is 23.8. The first-order valence-electron chi connectivity index (χ1n) is 9.21. The molecule has 6 nitrogen and oxygen atoms in total. The molecule has 0 fully saturated rings. The van der Waals surface area contributed by atoms with Crippen LogP contribution in [0.25, 0.3) is 0 Å². The van der Waals surface area contributed by atoms with Crippen LogP contribution in [0.5, 0.6) is 0 Å². The number of aryl methyl sites for hydroxylation is 2. The van der Waals surface area contributed by atoms with Crippen LogP contribution in [-0.4, -0.2) is 36.2 Å². The van der Waals surface area contributed by atoms with E-state index in [2.05, 4.69) is 22.8 Å². The topological polar surface area (TPSA) is 90.5 Å². The molecule has 0 heterocycles. The molecule has 27 heavy (non-hydrogen) atoms. The van der Waals surface area contributed by atoms with Crippen LogP contribution in [0.2, 0.25) is 0 Å². The molecule has 2 amide bonds. The van der Waals surface area contributed by atoms with Crippen molar-refractivity contribution in [1.29, 1.82) is 0 Å². The van der Waals surface area contributed by atoms with Crippen molar-refractivity contribution >= 4 is 11.8 Å². The Hall–Kier alpha value is -2.70. The van der Waals surface area contributed by atoms with E-state index < -0.39 is 11.9 Å². The van der Waals surface area contributed by atoms with Crippen molar-refractivity contribution in [2.45, 2.75) is 31.7 Å². The maximum atomic E-state index is 12.0. The molecule has 6 heteroatoms. The van der Waals surface area contributed by atoms with Crippen molar-refractivity contribution in [1.82, 2.24) is 16.1 Å². The Morgan fingerprint density at radius 3 is 2.07 bits per heavy atom. The van der Waals surface area contributed by atoms with Gasteiger partial charge >= 0.3 is 0 Å². The van der Waals surface area contributed by atoms with Gasteiger partial charge in [0.05, 0.1) is 0 Å². The van der Waals surface area contributed by atoms with E-state index >= 15 is 0 Å². The molecule has 0 radical (unpaired) electrons. The second-order valence-corrected chi connectivity index (χ2v) is 6.36. The molecule has 2 rings (SSSR count). The SMILES string of the molecule is O=C(CCc1ccccc1)NC[C@H](NCCCc1ccccc1)C(=O)NO. The molecule has 2 aromatic rings. The second-order valence-electron chi connectivity index (χ2n) is 6.36. The number of benzene rings is 2. The van der Waals surface area contributed by atoms with Crippen molar-refractivity contribution in [3.8, 4) is 0 Å². The Kier molecular flexibility index (Phi) is 9.03. The molecule has 0 aliphatic rings. The van der Waals surface area contributed by atoms with Crippen molar-refractivity contribution in [2.75, 3.05) is 13.1 Å². The molecule has 0 bridgehead atoms. The highest BCUT2D eigenvalue weighted by Crippen LogP contribution is 2.03. The Morgan fingerprint density at radius 2 is 1.48 bits per heavy atom. The number of hydrogen-bond donors (Lipinski definition) is 4. The molecule has 1 atom stereocenters. The number of carbonyl (C=O) groups is 2. The summed E-state index contributed by atoms with van der Waals surface area (Å²) in [6, 6.07) is 19.2. The molecule has 0 aliphatic heterocycles. The predicted molar refractivity (Wildman–Crippen MR) is 104 cm³/mol. The van der Waals surface area contributed by atoms with Gasteiger partial charge in [-0.25, -0.2) is 5.48 Å². The maximum Gasteiger partial charge on any atom is 0.262 e. The summed E-state index contributed by atoms with van der Waals surface area (Å²) >= 11 is 0. The average Bonchev–Trinajstić information content (AvgIpc) is 2.72. The van der Waals surface area contributed by atoms with E-state index in [9.17, 15) is 9.59 Å². The van der Waals surface area contributed by atoms with Gasteiger partial charge in [0, 0.05) is 13.0 Å². The third-order valence-electron chi connectivity index (χ3n) is 4.29. The Morgan fingerprint density at radius 1 is 0.889 bits per heavy atom. The van der Waals surface area contributed by atoms with Gasteiger partial charge in [0.2, 0.25) is 5.91 Å². The summed E-state index contributed by atoms with van der Waals surface area (Å²) in [5.74, 6) is -0.682. The second kappa shape index (κ2) is 11.8. The van der Waals surface area contributed by atoms with Crippen LogP contribution in [0.1, 0.15) is 24.0 Å². The molecule has 2 aromatic carbocycles. The van der Waals surface area contributed by atoms with Gasteiger partial charge in [-0.3, -0.25) is 14.8 Å². The van der Waals surface area contributed by atoms with Gasteiger partial charge in [-0.05, 0) is 36.9 Å². The minimum atomic E-state index is -0.675. The van der Waals surface area contributed by atoms with Crippen LogP contribution < -0.4 is 16.1 Å². The van der Waals surface area contributed by atoms with E-state index in [1.807, 2.05) is 48.5 Å². The van der Waals surface area contributed by atoms with Crippen LogP contribution >= 0.6 is 0 Å². The number of hydroxylamine groups is 1. The summed E-state index contributed by atoms with van der Waals surface area (Å²) in [7, 11) is 0. The molecular weight excluding hydrogens is 342 g/mol. The molecule has 0 unspecified atom stereocenters. The van der Waals surface area contributed by atoms with Gasteiger partial charge in [-0.1, -0.05) is 60.7 Å². The zero-order valence-corrected chi connectivity index (χ0v) is 15.4. The average molecular weight is 369 g/mol. The lowest BCUT2D eigenvalue weighted by Crippen LogP contribution is -2.50. The first kappa shape index (κ1) is 20.6. The highest BCUT2D eigenvalue weighted by molar-refractivity contribution is 5.82. The van der Waals surface area contributed by atoms with Gasteiger partial charge in [-0.15, -0.1) is 0 Å².